The van der Waals surface area contributed by atoms with E-state index in [1.165, 1.54) is 0 Å². The van der Waals surface area contributed by atoms with Crippen molar-refractivity contribution in [1.29, 1.82) is 0 Å². The Hall–Kier alpha value is -2.04. The average Bonchev–Trinajstić information content (AvgIpc) is 2.24. The fourth-order valence-corrected chi connectivity index (χ4v) is 1.33. The van der Waals surface area contributed by atoms with Crippen LogP contribution in [0.5, 0.6) is 5.88 Å². The number of carbonyl (C=O) groups is 1. The molecule has 1 heterocycles. The van der Waals surface area contributed by atoms with Gasteiger partial charge in [-0.1, -0.05) is 0 Å². The number of carbonyl (C=O) groups excluding carboxylic acids is 1. The van der Waals surface area contributed by atoms with Crippen molar-refractivity contribution >= 4 is 22.7 Å². The van der Waals surface area contributed by atoms with Gasteiger partial charge in [0.05, 0.1) is 5.56 Å². The second-order valence-electron chi connectivity index (χ2n) is 3.13. The smallest absolute Gasteiger partial charge is 0.366 e. The van der Waals surface area contributed by atoms with Gasteiger partial charge in [0.2, 0.25) is 0 Å². The van der Waals surface area contributed by atoms with E-state index in [1.54, 1.807) is 0 Å². The lowest BCUT2D eigenvalue weighted by Gasteiger charge is -2.10. The summed E-state index contributed by atoms with van der Waals surface area (Å²) in [5.41, 5.74) is -2.77. The van der Waals surface area contributed by atoms with Crippen LogP contribution in [-0.2, 0) is 0 Å². The van der Waals surface area contributed by atoms with E-state index in [1.807, 2.05) is 0 Å². The lowest BCUT2D eigenvalue weighted by Crippen LogP contribution is -2.20. The minimum absolute atomic E-state index is 0.236. The first kappa shape index (κ1) is 16.0. The molecule has 110 valence electrons. The summed E-state index contributed by atoms with van der Waals surface area (Å²) in [6.07, 6.45) is -9.04. The molecule has 0 saturated carbocycles. The van der Waals surface area contributed by atoms with Gasteiger partial charge in [0.1, 0.15) is 5.56 Å². The molecule has 0 fully saturated rings. The van der Waals surface area contributed by atoms with E-state index in [2.05, 4.69) is 9.72 Å². The van der Waals surface area contributed by atoms with E-state index in [0.29, 0.717) is 0 Å². The van der Waals surface area contributed by atoms with Crippen molar-refractivity contribution in [1.82, 2.24) is 4.98 Å². The molecule has 6 nitrogen and oxygen atoms in total. The molecule has 1 aromatic rings. The number of hydrogen-bond acceptors (Lipinski definition) is 5. The number of ether oxygens (including phenoxy) is 1. The van der Waals surface area contributed by atoms with E-state index in [-0.39, 0.29) is 6.07 Å². The van der Waals surface area contributed by atoms with E-state index >= 15 is 0 Å². The summed E-state index contributed by atoms with van der Waals surface area (Å²) in [7, 11) is 0. The van der Waals surface area contributed by atoms with Gasteiger partial charge in [-0.15, -0.1) is 13.2 Å². The molecule has 0 radical (unpaired) electrons. The summed E-state index contributed by atoms with van der Waals surface area (Å²) in [6, 6.07) is 0.236. The van der Waals surface area contributed by atoms with E-state index in [0.717, 1.165) is 0 Å². The van der Waals surface area contributed by atoms with Gasteiger partial charge in [-0.25, -0.2) is 8.78 Å². The Kier molecular flexibility index (Phi) is 4.43. The number of hydrogen-bond donors (Lipinski definition) is 0. The fraction of sp³-hybridized carbons (Fsp3) is 0.250. The highest BCUT2D eigenvalue weighted by Crippen LogP contribution is 2.36. The van der Waals surface area contributed by atoms with Crippen LogP contribution < -0.4 is 4.74 Å². The average molecular weight is 321 g/mol. The van der Waals surface area contributed by atoms with Crippen LogP contribution in [0, 0.1) is 10.1 Å². The monoisotopic (exact) mass is 320 g/mol. The van der Waals surface area contributed by atoms with Crippen LogP contribution in [0.2, 0.25) is 0 Å². The molecular weight excluding hydrogens is 319 g/mol. The minimum Gasteiger partial charge on any atom is -0.366 e. The minimum atomic E-state index is -5.43. The normalized spacial score (nSPS) is 11.6. The highest BCUT2D eigenvalue weighted by molar-refractivity contribution is 6.68. The summed E-state index contributed by atoms with van der Waals surface area (Å²) in [5.74, 6) is -3.09. The summed E-state index contributed by atoms with van der Waals surface area (Å²) in [6.45, 7) is 0. The topological polar surface area (TPSA) is 82.3 Å². The van der Waals surface area contributed by atoms with E-state index in [4.69, 9.17) is 11.6 Å². The van der Waals surface area contributed by atoms with Crippen molar-refractivity contribution in [3.05, 3.63) is 27.3 Å². The zero-order valence-corrected chi connectivity index (χ0v) is 9.71. The predicted octanol–water partition coefficient (Wildman–Crippen LogP) is 3.21. The Bertz CT molecular complexity index is 563. The zero-order valence-electron chi connectivity index (χ0n) is 8.95. The third kappa shape index (κ3) is 3.73. The van der Waals surface area contributed by atoms with Crippen molar-refractivity contribution in [2.75, 3.05) is 0 Å². The Labute approximate surface area is 111 Å². The number of alkyl halides is 5. The van der Waals surface area contributed by atoms with Gasteiger partial charge < -0.3 is 14.9 Å². The molecule has 0 bridgehead atoms. The summed E-state index contributed by atoms with van der Waals surface area (Å²) < 4.78 is 64.7. The molecule has 0 saturated heterocycles. The number of nitrogens with zero attached hydrogens (tertiary/aromatic N) is 2. The van der Waals surface area contributed by atoms with Gasteiger partial charge in [0.25, 0.3) is 11.7 Å². The Balaban J connectivity index is 3.59. The van der Waals surface area contributed by atoms with E-state index < -0.39 is 45.8 Å². The Morgan fingerprint density at radius 1 is 1.45 bits per heavy atom. The van der Waals surface area contributed by atoms with Gasteiger partial charge in [0, 0.05) is 11.1 Å². The zero-order chi connectivity index (χ0) is 15.7. The molecule has 0 aliphatic heterocycles. The van der Waals surface area contributed by atoms with Crippen LogP contribution in [0.4, 0.5) is 27.8 Å². The molecule has 0 aromatic carbocycles. The summed E-state index contributed by atoms with van der Waals surface area (Å²) in [4.78, 5) is 22.7. The Morgan fingerprint density at radius 3 is 2.35 bits per heavy atom. The van der Waals surface area contributed by atoms with Crippen molar-refractivity contribution in [3.63, 3.8) is 0 Å². The largest absolute Gasteiger partial charge is 0.575 e. The van der Waals surface area contributed by atoms with Crippen LogP contribution in [-0.4, -0.2) is 21.5 Å². The maximum atomic E-state index is 12.7. The fourth-order valence-electron chi connectivity index (χ4n) is 1.17. The first-order valence-corrected chi connectivity index (χ1v) is 4.83. The Morgan fingerprint density at radius 2 is 2.00 bits per heavy atom. The lowest BCUT2D eigenvalue weighted by molar-refractivity contribution is -0.390. The first-order valence-electron chi connectivity index (χ1n) is 4.46. The molecule has 0 spiro atoms. The van der Waals surface area contributed by atoms with Crippen LogP contribution in [0.1, 0.15) is 22.3 Å². The van der Waals surface area contributed by atoms with E-state index in [9.17, 15) is 36.9 Å². The quantitative estimate of drug-likeness (QED) is 0.368. The number of rotatable bonds is 4. The molecule has 0 atom stereocenters. The molecule has 0 amide bonds. The first-order chi connectivity index (χ1) is 9.03. The van der Waals surface area contributed by atoms with Crippen molar-refractivity contribution in [2.24, 2.45) is 0 Å². The molecule has 0 unspecified atom stereocenters. The number of pyridine rings is 1. The molecule has 1 aromatic heterocycles. The van der Waals surface area contributed by atoms with Crippen LogP contribution in [0.3, 0.4) is 0 Å². The van der Waals surface area contributed by atoms with Crippen LogP contribution in [0.15, 0.2) is 6.07 Å². The molecular formula is C8H2ClF5N2O4. The van der Waals surface area contributed by atoms with Gasteiger partial charge in [-0.2, -0.15) is 0 Å². The van der Waals surface area contributed by atoms with Gasteiger partial charge in [0.15, 0.2) is 0 Å². The maximum Gasteiger partial charge on any atom is 0.575 e. The highest BCUT2D eigenvalue weighted by atomic mass is 35.5. The summed E-state index contributed by atoms with van der Waals surface area (Å²) in [5, 5.41) is 8.83. The van der Waals surface area contributed by atoms with Crippen LogP contribution in [0.25, 0.3) is 0 Å². The number of nitro groups is 1. The third-order valence-electron chi connectivity index (χ3n) is 1.84. The molecule has 20 heavy (non-hydrogen) atoms. The van der Waals surface area contributed by atoms with Crippen molar-refractivity contribution in [2.45, 2.75) is 12.8 Å². The van der Waals surface area contributed by atoms with Gasteiger partial charge >= 0.3 is 18.1 Å². The molecule has 0 N–H and O–H groups in total. The number of aromatic nitrogens is 1. The van der Waals surface area contributed by atoms with Crippen molar-refractivity contribution < 1.29 is 36.4 Å². The second-order valence-corrected chi connectivity index (χ2v) is 3.47. The predicted molar refractivity (Wildman–Crippen MR) is 52.7 cm³/mol. The third-order valence-corrected chi connectivity index (χ3v) is 2.04. The standard InChI is InChI=1S/C8H2ClF5N2O4/c9-5(17)2-1-3(16(18)19)15-7(4(2)6(10)11)20-8(12,13)14/h1,6H. The van der Waals surface area contributed by atoms with Crippen LogP contribution >= 0.6 is 11.6 Å². The lowest BCUT2D eigenvalue weighted by atomic mass is 10.1. The molecule has 0 aliphatic carbocycles. The highest BCUT2D eigenvalue weighted by Gasteiger charge is 2.39. The summed E-state index contributed by atoms with van der Waals surface area (Å²) >= 11 is 4.91. The molecule has 1 rings (SSSR count). The van der Waals surface area contributed by atoms with Crippen molar-refractivity contribution in [3.8, 4) is 5.88 Å². The second kappa shape index (κ2) is 5.53. The number of halogens is 6. The van der Waals surface area contributed by atoms with Gasteiger partial charge in [-0.3, -0.25) is 4.79 Å². The SMILES string of the molecule is O=C(Cl)c1cc([N+](=O)[O-])nc(OC(F)(F)F)c1C(F)F. The maximum absolute atomic E-state index is 12.7. The molecule has 0 aliphatic rings. The molecule has 12 heteroatoms. The van der Waals surface area contributed by atoms with Gasteiger partial charge in [-0.05, 0) is 16.5 Å².